The lowest BCUT2D eigenvalue weighted by Crippen LogP contribution is -2.06. The molecule has 2 aromatic rings. The minimum atomic E-state index is -0.129. The fourth-order valence-electron chi connectivity index (χ4n) is 1.64. The van der Waals surface area contributed by atoms with Gasteiger partial charge in [0.25, 0.3) is 0 Å². The first-order valence-electron chi connectivity index (χ1n) is 5.65. The van der Waals surface area contributed by atoms with Crippen molar-refractivity contribution >= 4 is 39.1 Å². The summed E-state index contributed by atoms with van der Waals surface area (Å²) >= 11 is 15.3. The van der Waals surface area contributed by atoms with Crippen LogP contribution in [-0.4, -0.2) is 0 Å². The van der Waals surface area contributed by atoms with Crippen molar-refractivity contribution in [3.8, 4) is 11.5 Å². The standard InChI is InChI=1S/C14H12BrCl2NO/c1-8(18)11-6-9(15)2-5-14(11)19-10-3-4-12(16)13(17)7-10/h2-8H,18H2,1H3. The molecule has 0 saturated carbocycles. The molecule has 0 spiro atoms. The van der Waals surface area contributed by atoms with Crippen LogP contribution in [-0.2, 0) is 0 Å². The number of nitrogens with two attached hydrogens (primary N) is 1. The predicted octanol–water partition coefficient (Wildman–Crippen LogP) is 5.57. The van der Waals surface area contributed by atoms with Crippen LogP contribution in [0.3, 0.4) is 0 Å². The van der Waals surface area contributed by atoms with Gasteiger partial charge < -0.3 is 10.5 Å². The molecule has 0 saturated heterocycles. The third-order valence-electron chi connectivity index (χ3n) is 2.58. The summed E-state index contributed by atoms with van der Waals surface area (Å²) in [6.07, 6.45) is 0. The van der Waals surface area contributed by atoms with Gasteiger partial charge in [0.1, 0.15) is 11.5 Å². The maximum atomic E-state index is 5.96. The lowest BCUT2D eigenvalue weighted by atomic mass is 10.1. The first kappa shape index (κ1) is 14.7. The number of rotatable bonds is 3. The SMILES string of the molecule is CC(N)c1cc(Br)ccc1Oc1ccc(Cl)c(Cl)c1. The second-order valence-electron chi connectivity index (χ2n) is 4.15. The van der Waals surface area contributed by atoms with Crippen LogP contribution in [0.25, 0.3) is 0 Å². The van der Waals surface area contributed by atoms with Crippen molar-refractivity contribution in [1.29, 1.82) is 0 Å². The average Bonchev–Trinajstić information content (AvgIpc) is 2.36. The van der Waals surface area contributed by atoms with Crippen molar-refractivity contribution in [3.63, 3.8) is 0 Å². The van der Waals surface area contributed by atoms with Gasteiger partial charge in [0.2, 0.25) is 0 Å². The summed E-state index contributed by atoms with van der Waals surface area (Å²) in [6.45, 7) is 1.91. The van der Waals surface area contributed by atoms with E-state index < -0.39 is 0 Å². The summed E-state index contributed by atoms with van der Waals surface area (Å²) in [5.41, 5.74) is 6.86. The van der Waals surface area contributed by atoms with Crippen LogP contribution in [0.15, 0.2) is 40.9 Å². The van der Waals surface area contributed by atoms with Crippen LogP contribution < -0.4 is 10.5 Å². The Hall–Kier alpha value is -0.740. The van der Waals surface area contributed by atoms with E-state index in [-0.39, 0.29) is 6.04 Å². The molecule has 0 aromatic heterocycles. The molecule has 1 atom stereocenters. The summed E-state index contributed by atoms with van der Waals surface area (Å²) < 4.78 is 6.78. The maximum Gasteiger partial charge on any atom is 0.132 e. The number of halogens is 3. The molecule has 1 unspecified atom stereocenters. The van der Waals surface area contributed by atoms with Gasteiger partial charge in [-0.2, -0.15) is 0 Å². The first-order chi connectivity index (χ1) is 8.97. The molecule has 0 bridgehead atoms. The summed E-state index contributed by atoms with van der Waals surface area (Å²) in [5.74, 6) is 1.33. The molecule has 0 amide bonds. The maximum absolute atomic E-state index is 5.96. The molecule has 2 rings (SSSR count). The topological polar surface area (TPSA) is 35.2 Å². The normalized spacial score (nSPS) is 12.3. The summed E-state index contributed by atoms with van der Waals surface area (Å²) in [4.78, 5) is 0. The highest BCUT2D eigenvalue weighted by Crippen LogP contribution is 2.33. The molecule has 2 aromatic carbocycles. The zero-order chi connectivity index (χ0) is 14.0. The van der Waals surface area contributed by atoms with Crippen molar-refractivity contribution in [2.45, 2.75) is 13.0 Å². The minimum absolute atomic E-state index is 0.129. The summed E-state index contributed by atoms with van der Waals surface area (Å²) in [6, 6.07) is 10.7. The number of hydrogen-bond acceptors (Lipinski definition) is 2. The Balaban J connectivity index is 2.35. The van der Waals surface area contributed by atoms with E-state index in [9.17, 15) is 0 Å². The van der Waals surface area contributed by atoms with E-state index in [1.54, 1.807) is 18.2 Å². The van der Waals surface area contributed by atoms with Gasteiger partial charge in [0, 0.05) is 22.1 Å². The molecule has 0 radical (unpaired) electrons. The molecule has 2 N–H and O–H groups in total. The van der Waals surface area contributed by atoms with Gasteiger partial charge in [0.05, 0.1) is 10.0 Å². The van der Waals surface area contributed by atoms with E-state index in [1.807, 2.05) is 25.1 Å². The Morgan fingerprint density at radius 2 is 1.84 bits per heavy atom. The largest absolute Gasteiger partial charge is 0.457 e. The van der Waals surface area contributed by atoms with Crippen molar-refractivity contribution in [1.82, 2.24) is 0 Å². The zero-order valence-electron chi connectivity index (χ0n) is 10.2. The monoisotopic (exact) mass is 359 g/mol. The highest BCUT2D eigenvalue weighted by atomic mass is 79.9. The Kier molecular flexibility index (Phi) is 4.74. The van der Waals surface area contributed by atoms with Gasteiger partial charge in [-0.1, -0.05) is 39.1 Å². The molecule has 5 heteroatoms. The van der Waals surface area contributed by atoms with Gasteiger partial charge in [-0.25, -0.2) is 0 Å². The summed E-state index contributed by atoms with van der Waals surface area (Å²) in [7, 11) is 0. The average molecular weight is 361 g/mol. The summed E-state index contributed by atoms with van der Waals surface area (Å²) in [5, 5.41) is 0.955. The molecule has 19 heavy (non-hydrogen) atoms. The molecule has 2 nitrogen and oxygen atoms in total. The molecule has 100 valence electrons. The van der Waals surface area contributed by atoms with Gasteiger partial charge in [-0.15, -0.1) is 0 Å². The van der Waals surface area contributed by atoms with Crippen molar-refractivity contribution in [2.75, 3.05) is 0 Å². The van der Waals surface area contributed by atoms with E-state index in [0.29, 0.717) is 21.5 Å². The number of benzene rings is 2. The number of hydrogen-bond donors (Lipinski definition) is 1. The van der Waals surface area contributed by atoms with E-state index >= 15 is 0 Å². The molecule has 0 fully saturated rings. The van der Waals surface area contributed by atoms with Crippen molar-refractivity contribution in [3.05, 3.63) is 56.5 Å². The third-order valence-corrected chi connectivity index (χ3v) is 3.81. The van der Waals surface area contributed by atoms with Crippen molar-refractivity contribution < 1.29 is 4.74 Å². The fourth-order valence-corrected chi connectivity index (χ4v) is 2.30. The van der Waals surface area contributed by atoms with Crippen LogP contribution >= 0.6 is 39.1 Å². The second-order valence-corrected chi connectivity index (χ2v) is 5.88. The molecule has 0 aliphatic heterocycles. The van der Waals surface area contributed by atoms with Crippen molar-refractivity contribution in [2.24, 2.45) is 5.73 Å². The highest BCUT2D eigenvalue weighted by Gasteiger charge is 2.10. The van der Waals surface area contributed by atoms with E-state index in [2.05, 4.69) is 15.9 Å². The van der Waals surface area contributed by atoms with Crippen LogP contribution in [0, 0.1) is 0 Å². The molecular weight excluding hydrogens is 349 g/mol. The molecular formula is C14H12BrCl2NO. The highest BCUT2D eigenvalue weighted by molar-refractivity contribution is 9.10. The minimum Gasteiger partial charge on any atom is -0.457 e. The Morgan fingerprint density at radius 1 is 1.11 bits per heavy atom. The van der Waals surface area contributed by atoms with Crippen LogP contribution in [0.1, 0.15) is 18.5 Å². The fraction of sp³-hybridized carbons (Fsp3) is 0.143. The van der Waals surface area contributed by atoms with Crippen LogP contribution in [0.5, 0.6) is 11.5 Å². The van der Waals surface area contributed by atoms with Gasteiger partial charge in [0.15, 0.2) is 0 Å². The van der Waals surface area contributed by atoms with Gasteiger partial charge >= 0.3 is 0 Å². The first-order valence-corrected chi connectivity index (χ1v) is 7.20. The predicted molar refractivity (Wildman–Crippen MR) is 83.3 cm³/mol. The Morgan fingerprint density at radius 3 is 2.47 bits per heavy atom. The smallest absolute Gasteiger partial charge is 0.132 e. The number of ether oxygens (including phenoxy) is 1. The van der Waals surface area contributed by atoms with Crippen LogP contribution in [0.2, 0.25) is 10.0 Å². The second kappa shape index (κ2) is 6.14. The lowest BCUT2D eigenvalue weighted by Gasteiger charge is -2.14. The zero-order valence-corrected chi connectivity index (χ0v) is 13.3. The van der Waals surface area contributed by atoms with E-state index in [4.69, 9.17) is 33.7 Å². The van der Waals surface area contributed by atoms with Gasteiger partial charge in [-0.05, 0) is 37.3 Å². The molecule has 0 aliphatic carbocycles. The lowest BCUT2D eigenvalue weighted by molar-refractivity contribution is 0.472. The quantitative estimate of drug-likeness (QED) is 0.776. The van der Waals surface area contributed by atoms with Crippen LogP contribution in [0.4, 0.5) is 0 Å². The molecule has 0 aliphatic rings. The van der Waals surface area contributed by atoms with E-state index in [0.717, 1.165) is 10.0 Å². The van der Waals surface area contributed by atoms with E-state index in [1.165, 1.54) is 0 Å². The molecule has 0 heterocycles. The Labute approximate surface area is 130 Å². The Bertz CT molecular complexity index is 602. The third kappa shape index (κ3) is 3.63. The van der Waals surface area contributed by atoms with Gasteiger partial charge in [-0.3, -0.25) is 0 Å².